The van der Waals surface area contributed by atoms with Gasteiger partial charge in [0.2, 0.25) is 11.7 Å². The molecule has 0 saturated heterocycles. The molecular weight excluding hydrogens is 206 g/mol. The molecule has 0 radical (unpaired) electrons. The SMILES string of the molecule is COCCc1nc(-c2cccc(N)c2)no1. The summed E-state index contributed by atoms with van der Waals surface area (Å²) >= 11 is 0. The van der Waals surface area contributed by atoms with E-state index in [0.717, 1.165) is 5.56 Å². The van der Waals surface area contributed by atoms with Crippen LogP contribution in [0.3, 0.4) is 0 Å². The summed E-state index contributed by atoms with van der Waals surface area (Å²) in [4.78, 5) is 4.25. The summed E-state index contributed by atoms with van der Waals surface area (Å²) in [6.45, 7) is 0.568. The molecule has 0 unspecified atom stereocenters. The van der Waals surface area contributed by atoms with E-state index in [1.807, 2.05) is 24.3 Å². The van der Waals surface area contributed by atoms with E-state index in [-0.39, 0.29) is 0 Å². The van der Waals surface area contributed by atoms with Crippen molar-refractivity contribution in [3.05, 3.63) is 30.2 Å². The van der Waals surface area contributed by atoms with Crippen LogP contribution in [0.25, 0.3) is 11.4 Å². The van der Waals surface area contributed by atoms with Crippen molar-refractivity contribution in [2.24, 2.45) is 0 Å². The van der Waals surface area contributed by atoms with E-state index in [1.54, 1.807) is 7.11 Å². The molecule has 0 aliphatic carbocycles. The predicted molar refractivity (Wildman–Crippen MR) is 59.7 cm³/mol. The number of hydrogen-bond acceptors (Lipinski definition) is 5. The molecule has 0 saturated carbocycles. The van der Waals surface area contributed by atoms with Crippen molar-refractivity contribution in [3.8, 4) is 11.4 Å². The van der Waals surface area contributed by atoms with Crippen molar-refractivity contribution < 1.29 is 9.26 Å². The summed E-state index contributed by atoms with van der Waals surface area (Å²) in [5.41, 5.74) is 7.21. The molecule has 5 heteroatoms. The molecular formula is C11H13N3O2. The first-order chi connectivity index (χ1) is 7.79. The van der Waals surface area contributed by atoms with E-state index >= 15 is 0 Å². The Morgan fingerprint density at radius 3 is 3.06 bits per heavy atom. The number of nitrogens with two attached hydrogens (primary N) is 1. The van der Waals surface area contributed by atoms with Gasteiger partial charge in [-0.05, 0) is 12.1 Å². The third-order valence-electron chi connectivity index (χ3n) is 2.13. The number of hydrogen-bond donors (Lipinski definition) is 1. The van der Waals surface area contributed by atoms with Crippen LogP contribution in [0.5, 0.6) is 0 Å². The van der Waals surface area contributed by atoms with Gasteiger partial charge in [-0.25, -0.2) is 0 Å². The third-order valence-corrected chi connectivity index (χ3v) is 2.13. The van der Waals surface area contributed by atoms with Crippen LogP contribution in [0.4, 0.5) is 5.69 Å². The maximum Gasteiger partial charge on any atom is 0.229 e. The van der Waals surface area contributed by atoms with Gasteiger partial charge in [-0.15, -0.1) is 0 Å². The Morgan fingerprint density at radius 1 is 1.44 bits per heavy atom. The van der Waals surface area contributed by atoms with E-state index in [0.29, 0.717) is 30.4 Å². The summed E-state index contributed by atoms with van der Waals surface area (Å²) < 4.78 is 10.0. The van der Waals surface area contributed by atoms with Gasteiger partial charge in [-0.3, -0.25) is 0 Å². The molecule has 2 rings (SSSR count). The fraction of sp³-hybridized carbons (Fsp3) is 0.273. The molecule has 0 amide bonds. The van der Waals surface area contributed by atoms with Crippen LogP contribution < -0.4 is 5.73 Å². The highest BCUT2D eigenvalue weighted by atomic mass is 16.5. The van der Waals surface area contributed by atoms with E-state index in [4.69, 9.17) is 15.0 Å². The third kappa shape index (κ3) is 2.38. The van der Waals surface area contributed by atoms with Gasteiger partial charge >= 0.3 is 0 Å². The minimum absolute atomic E-state index is 0.554. The number of ether oxygens (including phenoxy) is 1. The van der Waals surface area contributed by atoms with Crippen molar-refractivity contribution >= 4 is 5.69 Å². The van der Waals surface area contributed by atoms with Crippen LogP contribution in [-0.2, 0) is 11.2 Å². The zero-order valence-corrected chi connectivity index (χ0v) is 9.01. The molecule has 2 aromatic rings. The first-order valence-electron chi connectivity index (χ1n) is 4.97. The first-order valence-corrected chi connectivity index (χ1v) is 4.97. The Hall–Kier alpha value is -1.88. The van der Waals surface area contributed by atoms with Crippen molar-refractivity contribution in [1.82, 2.24) is 10.1 Å². The standard InChI is InChI=1S/C11H13N3O2/c1-15-6-5-10-13-11(14-16-10)8-3-2-4-9(12)7-8/h2-4,7H,5-6,12H2,1H3. The topological polar surface area (TPSA) is 74.2 Å². The smallest absolute Gasteiger partial charge is 0.229 e. The molecule has 1 heterocycles. The van der Waals surface area contributed by atoms with Gasteiger partial charge in [0.15, 0.2) is 0 Å². The van der Waals surface area contributed by atoms with Crippen LogP contribution in [0, 0.1) is 0 Å². The second-order valence-electron chi connectivity index (χ2n) is 3.38. The zero-order valence-electron chi connectivity index (χ0n) is 9.01. The van der Waals surface area contributed by atoms with Crippen LogP contribution in [0.1, 0.15) is 5.89 Å². The van der Waals surface area contributed by atoms with Gasteiger partial charge in [0.25, 0.3) is 0 Å². The molecule has 2 N–H and O–H groups in total. The predicted octanol–water partition coefficient (Wildman–Crippen LogP) is 1.51. The molecule has 84 valence electrons. The number of rotatable bonds is 4. The number of nitrogen functional groups attached to an aromatic ring is 1. The number of benzene rings is 1. The minimum Gasteiger partial charge on any atom is -0.399 e. The molecule has 0 aliphatic rings. The average Bonchev–Trinajstić information content (AvgIpc) is 2.75. The van der Waals surface area contributed by atoms with Crippen LogP contribution in [-0.4, -0.2) is 23.9 Å². The van der Waals surface area contributed by atoms with E-state index in [2.05, 4.69) is 10.1 Å². The summed E-state index contributed by atoms with van der Waals surface area (Å²) in [6.07, 6.45) is 0.617. The van der Waals surface area contributed by atoms with Gasteiger partial charge < -0.3 is 15.0 Å². The summed E-state index contributed by atoms with van der Waals surface area (Å²) in [6, 6.07) is 7.37. The van der Waals surface area contributed by atoms with E-state index in [9.17, 15) is 0 Å². The number of anilines is 1. The largest absolute Gasteiger partial charge is 0.399 e. The molecule has 5 nitrogen and oxygen atoms in total. The van der Waals surface area contributed by atoms with E-state index in [1.165, 1.54) is 0 Å². The normalized spacial score (nSPS) is 10.6. The second-order valence-corrected chi connectivity index (χ2v) is 3.38. The van der Waals surface area contributed by atoms with Crippen molar-refractivity contribution in [1.29, 1.82) is 0 Å². The van der Waals surface area contributed by atoms with Crippen molar-refractivity contribution in [3.63, 3.8) is 0 Å². The highest BCUT2D eigenvalue weighted by Crippen LogP contribution is 2.18. The Morgan fingerprint density at radius 2 is 2.31 bits per heavy atom. The van der Waals surface area contributed by atoms with E-state index < -0.39 is 0 Å². The van der Waals surface area contributed by atoms with Gasteiger partial charge in [0, 0.05) is 18.4 Å². The Labute approximate surface area is 93.2 Å². The lowest BCUT2D eigenvalue weighted by molar-refractivity contribution is 0.192. The molecule has 1 aromatic carbocycles. The first kappa shape index (κ1) is 10.6. The van der Waals surface area contributed by atoms with Crippen LogP contribution >= 0.6 is 0 Å². The minimum atomic E-state index is 0.554. The highest BCUT2D eigenvalue weighted by Gasteiger charge is 2.08. The molecule has 1 aromatic heterocycles. The fourth-order valence-electron chi connectivity index (χ4n) is 1.34. The summed E-state index contributed by atoms with van der Waals surface area (Å²) in [5, 5.41) is 3.88. The number of nitrogens with zero attached hydrogens (tertiary/aromatic N) is 2. The zero-order chi connectivity index (χ0) is 11.4. The van der Waals surface area contributed by atoms with Crippen LogP contribution in [0.15, 0.2) is 28.8 Å². The van der Waals surface area contributed by atoms with Crippen LogP contribution in [0.2, 0.25) is 0 Å². The second kappa shape index (κ2) is 4.76. The highest BCUT2D eigenvalue weighted by molar-refractivity contribution is 5.60. The molecule has 0 spiro atoms. The van der Waals surface area contributed by atoms with Gasteiger partial charge in [0.05, 0.1) is 13.0 Å². The van der Waals surface area contributed by atoms with Crippen molar-refractivity contribution in [2.45, 2.75) is 6.42 Å². The van der Waals surface area contributed by atoms with Gasteiger partial charge in [-0.1, -0.05) is 17.3 Å². The fourth-order valence-corrected chi connectivity index (χ4v) is 1.34. The summed E-state index contributed by atoms with van der Waals surface area (Å²) in [7, 11) is 1.63. The van der Waals surface area contributed by atoms with Gasteiger partial charge in [-0.2, -0.15) is 4.98 Å². The summed E-state index contributed by atoms with van der Waals surface area (Å²) in [5.74, 6) is 1.12. The lowest BCUT2D eigenvalue weighted by Crippen LogP contribution is -1.94. The maximum atomic E-state index is 5.68. The van der Waals surface area contributed by atoms with Gasteiger partial charge in [0.1, 0.15) is 0 Å². The Bertz CT molecular complexity index is 468. The quantitative estimate of drug-likeness (QED) is 0.789. The Balaban J connectivity index is 2.18. The lowest BCUT2D eigenvalue weighted by Gasteiger charge is -1.95. The Kier molecular flexibility index (Phi) is 3.16. The molecule has 0 atom stereocenters. The molecule has 0 aliphatic heterocycles. The number of methoxy groups -OCH3 is 1. The molecule has 16 heavy (non-hydrogen) atoms. The monoisotopic (exact) mass is 219 g/mol. The average molecular weight is 219 g/mol. The lowest BCUT2D eigenvalue weighted by atomic mass is 10.2. The number of aromatic nitrogens is 2. The molecule has 0 bridgehead atoms. The molecule has 0 fully saturated rings. The maximum absolute atomic E-state index is 5.68. The van der Waals surface area contributed by atoms with Crippen molar-refractivity contribution in [2.75, 3.05) is 19.5 Å².